The number of halogens is 4. The van der Waals surface area contributed by atoms with Gasteiger partial charge in [-0.1, -0.05) is 6.07 Å². The van der Waals surface area contributed by atoms with E-state index in [4.69, 9.17) is 0 Å². The predicted octanol–water partition coefficient (Wildman–Crippen LogP) is 3.53. The van der Waals surface area contributed by atoms with Crippen LogP contribution in [0.3, 0.4) is 0 Å². The molecule has 2 nitrogen and oxygen atoms in total. The zero-order valence-corrected chi connectivity index (χ0v) is 12.5. The first-order valence-electron chi connectivity index (χ1n) is 5.02. The number of benzene rings is 1. The number of rotatable bonds is 1. The van der Waals surface area contributed by atoms with E-state index in [1.807, 2.05) is 28.7 Å². The van der Waals surface area contributed by atoms with Crippen LogP contribution in [-0.2, 0) is 0 Å². The molecule has 6 heteroatoms. The Morgan fingerprint density at radius 1 is 1.47 bits per heavy atom. The van der Waals surface area contributed by atoms with Crippen LogP contribution in [0.4, 0.5) is 8.78 Å². The Balaban J connectivity index is 2.24. The molecule has 1 aliphatic heterocycles. The van der Waals surface area contributed by atoms with E-state index in [1.54, 1.807) is 12.1 Å². The third kappa shape index (κ3) is 2.78. The van der Waals surface area contributed by atoms with E-state index < -0.39 is 12.5 Å². The molecule has 92 valence electrons. The summed E-state index contributed by atoms with van der Waals surface area (Å²) in [4.78, 5) is 13.3. The zero-order chi connectivity index (χ0) is 12.6. The lowest BCUT2D eigenvalue weighted by Gasteiger charge is -2.17. The minimum absolute atomic E-state index is 0.119. The Morgan fingerprint density at radius 2 is 2.18 bits per heavy atom. The molecule has 17 heavy (non-hydrogen) atoms. The highest BCUT2D eigenvalue weighted by Gasteiger charge is 2.40. The maximum atomic E-state index is 13.0. The number of hydrogen-bond acceptors (Lipinski definition) is 1. The molecule has 1 aromatic carbocycles. The van der Waals surface area contributed by atoms with Gasteiger partial charge in [0.1, 0.15) is 0 Å². The van der Waals surface area contributed by atoms with E-state index in [1.165, 1.54) is 4.90 Å². The van der Waals surface area contributed by atoms with E-state index in [0.717, 1.165) is 8.04 Å². The molecule has 1 amide bonds. The molecule has 0 N–H and O–H groups in total. The molecule has 1 saturated heterocycles. The van der Waals surface area contributed by atoms with Gasteiger partial charge in [-0.3, -0.25) is 4.79 Å². The smallest absolute Gasteiger partial charge is 0.267 e. The monoisotopic (exact) mass is 415 g/mol. The van der Waals surface area contributed by atoms with Crippen LogP contribution in [0.25, 0.3) is 0 Å². The van der Waals surface area contributed by atoms with Crippen LogP contribution in [-0.4, -0.2) is 29.8 Å². The van der Waals surface area contributed by atoms with Gasteiger partial charge in [0.05, 0.1) is 12.1 Å². The topological polar surface area (TPSA) is 20.3 Å². The quantitative estimate of drug-likeness (QED) is 0.642. The number of likely N-dealkylation sites (tertiary alicyclic amines) is 1. The van der Waals surface area contributed by atoms with E-state index in [2.05, 4.69) is 15.9 Å². The average Bonchev–Trinajstić information content (AvgIpc) is 2.62. The van der Waals surface area contributed by atoms with E-state index in [9.17, 15) is 13.6 Å². The van der Waals surface area contributed by atoms with Crippen molar-refractivity contribution in [3.8, 4) is 0 Å². The lowest BCUT2D eigenvalue weighted by atomic mass is 10.2. The fraction of sp³-hybridized carbons (Fsp3) is 0.364. The van der Waals surface area contributed by atoms with Gasteiger partial charge < -0.3 is 4.90 Å². The molecule has 1 aliphatic rings. The van der Waals surface area contributed by atoms with Crippen molar-refractivity contribution >= 4 is 44.4 Å². The Bertz CT molecular complexity index is 467. The normalized spacial score (nSPS) is 18.5. The number of carbonyl (C=O) groups excluding carboxylic acids is 1. The molecule has 1 fully saturated rings. The van der Waals surface area contributed by atoms with Crippen LogP contribution in [0, 0.1) is 3.57 Å². The highest BCUT2D eigenvalue weighted by Crippen LogP contribution is 2.30. The van der Waals surface area contributed by atoms with Crippen molar-refractivity contribution in [2.75, 3.05) is 13.1 Å². The van der Waals surface area contributed by atoms with E-state index >= 15 is 0 Å². The maximum Gasteiger partial charge on any atom is 0.267 e. The fourth-order valence-electron chi connectivity index (χ4n) is 1.75. The van der Waals surface area contributed by atoms with Gasteiger partial charge in [0.2, 0.25) is 0 Å². The summed E-state index contributed by atoms with van der Waals surface area (Å²) in [6, 6.07) is 5.20. The Labute approximate surface area is 120 Å². The van der Waals surface area contributed by atoms with E-state index in [0.29, 0.717) is 5.56 Å². The summed E-state index contributed by atoms with van der Waals surface area (Å²) >= 11 is 5.35. The van der Waals surface area contributed by atoms with Crippen molar-refractivity contribution < 1.29 is 13.6 Å². The van der Waals surface area contributed by atoms with Gasteiger partial charge in [-0.25, -0.2) is 8.78 Å². The molecular formula is C11H9BrF2INO. The van der Waals surface area contributed by atoms with Gasteiger partial charge in [-0.2, -0.15) is 0 Å². The molecule has 0 atom stereocenters. The van der Waals surface area contributed by atoms with Crippen LogP contribution < -0.4 is 0 Å². The third-order valence-electron chi connectivity index (χ3n) is 2.64. The third-order valence-corrected chi connectivity index (χ3v) is 5.20. The van der Waals surface area contributed by atoms with Crippen molar-refractivity contribution in [3.63, 3.8) is 0 Å². The highest BCUT2D eigenvalue weighted by molar-refractivity contribution is 14.1. The number of carbonyl (C=O) groups is 1. The number of alkyl halides is 2. The molecule has 0 radical (unpaired) electrons. The second-order valence-electron chi connectivity index (χ2n) is 3.93. The highest BCUT2D eigenvalue weighted by atomic mass is 127. The molecule has 2 rings (SSSR count). The summed E-state index contributed by atoms with van der Waals surface area (Å²) in [6.45, 7) is -0.358. The van der Waals surface area contributed by atoms with Crippen LogP contribution in [0.15, 0.2) is 22.7 Å². The maximum absolute atomic E-state index is 13.0. The molecule has 0 aromatic heterocycles. The van der Waals surface area contributed by atoms with Crippen molar-refractivity contribution in [2.24, 2.45) is 0 Å². The van der Waals surface area contributed by atoms with Crippen molar-refractivity contribution in [1.29, 1.82) is 0 Å². The first kappa shape index (κ1) is 13.2. The van der Waals surface area contributed by atoms with Crippen molar-refractivity contribution in [1.82, 2.24) is 4.90 Å². The minimum Gasteiger partial charge on any atom is -0.332 e. The standard InChI is InChI=1S/C11H9BrF2INO/c12-8-3-1-2-7(9(8)15)10(17)16-5-4-11(13,14)6-16/h1-3H,4-6H2. The Kier molecular flexibility index (Phi) is 3.72. The lowest BCUT2D eigenvalue weighted by molar-refractivity contribution is 0.0120. The first-order valence-corrected chi connectivity index (χ1v) is 6.89. The number of hydrogen-bond donors (Lipinski definition) is 0. The summed E-state index contributed by atoms with van der Waals surface area (Å²) < 4.78 is 27.6. The predicted molar refractivity (Wildman–Crippen MR) is 72.3 cm³/mol. The molecule has 0 spiro atoms. The number of nitrogens with zero attached hydrogens (tertiary/aromatic N) is 1. The molecule has 0 unspecified atom stereocenters. The van der Waals surface area contributed by atoms with Crippen molar-refractivity contribution in [2.45, 2.75) is 12.3 Å². The lowest BCUT2D eigenvalue weighted by Crippen LogP contribution is -2.31. The van der Waals surface area contributed by atoms with Crippen LogP contribution in [0.5, 0.6) is 0 Å². The van der Waals surface area contributed by atoms with E-state index in [-0.39, 0.29) is 18.9 Å². The summed E-state index contributed by atoms with van der Waals surface area (Å²) in [7, 11) is 0. The molecule has 1 heterocycles. The largest absolute Gasteiger partial charge is 0.332 e. The Morgan fingerprint density at radius 3 is 2.76 bits per heavy atom. The summed E-state index contributed by atoms with van der Waals surface area (Å²) in [6.07, 6.45) is -0.247. The summed E-state index contributed by atoms with van der Waals surface area (Å²) in [5.41, 5.74) is 0.470. The molecule has 0 bridgehead atoms. The fourth-order valence-corrected chi connectivity index (χ4v) is 2.71. The average molecular weight is 416 g/mol. The van der Waals surface area contributed by atoms with Gasteiger partial charge in [0, 0.05) is 21.0 Å². The van der Waals surface area contributed by atoms with Gasteiger partial charge >= 0.3 is 0 Å². The molecule has 1 aromatic rings. The van der Waals surface area contributed by atoms with Crippen LogP contribution in [0.1, 0.15) is 16.8 Å². The van der Waals surface area contributed by atoms with Crippen molar-refractivity contribution in [3.05, 3.63) is 31.8 Å². The van der Waals surface area contributed by atoms with Crippen LogP contribution >= 0.6 is 38.5 Å². The zero-order valence-electron chi connectivity index (χ0n) is 8.72. The van der Waals surface area contributed by atoms with Gasteiger partial charge in [-0.15, -0.1) is 0 Å². The SMILES string of the molecule is O=C(c1cccc(Br)c1I)N1CCC(F)(F)C1. The van der Waals surface area contributed by atoms with Gasteiger partial charge in [0.25, 0.3) is 11.8 Å². The summed E-state index contributed by atoms with van der Waals surface area (Å²) in [5, 5.41) is 0. The second-order valence-corrected chi connectivity index (χ2v) is 5.87. The molecule has 0 saturated carbocycles. The number of amides is 1. The molecular weight excluding hydrogens is 407 g/mol. The Hall–Kier alpha value is -0.240. The van der Waals surface area contributed by atoms with Gasteiger partial charge in [-0.05, 0) is 50.7 Å². The summed E-state index contributed by atoms with van der Waals surface area (Å²) in [5.74, 6) is -3.07. The van der Waals surface area contributed by atoms with Crippen LogP contribution in [0.2, 0.25) is 0 Å². The minimum atomic E-state index is -2.74. The first-order chi connectivity index (χ1) is 7.91. The molecule has 0 aliphatic carbocycles. The second kappa shape index (κ2) is 4.79. The van der Waals surface area contributed by atoms with Gasteiger partial charge in [0.15, 0.2) is 0 Å².